The van der Waals surface area contributed by atoms with Crippen LogP contribution in [-0.4, -0.2) is 23.9 Å². The Hall–Kier alpha value is -0.730. The van der Waals surface area contributed by atoms with Gasteiger partial charge in [-0.15, -0.1) is 0 Å². The third-order valence-electron chi connectivity index (χ3n) is 2.44. The van der Waals surface area contributed by atoms with Gasteiger partial charge in [-0.1, -0.05) is 37.0 Å². The summed E-state index contributed by atoms with van der Waals surface area (Å²) in [6, 6.07) is 4.98. The van der Waals surface area contributed by atoms with Crippen molar-refractivity contribution in [1.29, 1.82) is 0 Å². The SMILES string of the molecule is CCCN(CCC)C(=O)c1ccc(Cl)cc1Cl. The second kappa shape index (κ2) is 6.87. The summed E-state index contributed by atoms with van der Waals surface area (Å²) in [4.78, 5) is 14.1. The van der Waals surface area contributed by atoms with Crippen LogP contribution in [0.4, 0.5) is 0 Å². The van der Waals surface area contributed by atoms with Gasteiger partial charge in [0.15, 0.2) is 0 Å². The first-order chi connectivity index (χ1) is 8.10. The molecule has 2 nitrogen and oxygen atoms in total. The standard InChI is InChI=1S/C13H17Cl2NO/c1-3-7-16(8-4-2)13(17)11-6-5-10(14)9-12(11)15/h5-6,9H,3-4,7-8H2,1-2H3. The molecule has 0 saturated carbocycles. The second-order valence-corrected chi connectivity index (χ2v) is 4.76. The van der Waals surface area contributed by atoms with Crippen molar-refractivity contribution in [1.82, 2.24) is 4.90 Å². The van der Waals surface area contributed by atoms with Gasteiger partial charge in [0.05, 0.1) is 10.6 Å². The van der Waals surface area contributed by atoms with Crippen molar-refractivity contribution in [3.05, 3.63) is 33.8 Å². The molecule has 0 N–H and O–H groups in total. The van der Waals surface area contributed by atoms with E-state index in [1.54, 1.807) is 18.2 Å². The zero-order valence-electron chi connectivity index (χ0n) is 10.2. The molecule has 0 fully saturated rings. The minimum Gasteiger partial charge on any atom is -0.339 e. The van der Waals surface area contributed by atoms with Gasteiger partial charge in [0, 0.05) is 18.1 Å². The van der Waals surface area contributed by atoms with Gasteiger partial charge in [0.25, 0.3) is 5.91 Å². The number of nitrogens with zero attached hydrogens (tertiary/aromatic N) is 1. The number of carbonyl (C=O) groups is 1. The molecule has 17 heavy (non-hydrogen) atoms. The van der Waals surface area contributed by atoms with Crippen molar-refractivity contribution >= 4 is 29.1 Å². The van der Waals surface area contributed by atoms with Crippen LogP contribution in [0.2, 0.25) is 10.0 Å². The van der Waals surface area contributed by atoms with Crippen LogP contribution in [0.5, 0.6) is 0 Å². The van der Waals surface area contributed by atoms with E-state index in [1.165, 1.54) is 0 Å². The first-order valence-electron chi connectivity index (χ1n) is 5.84. The van der Waals surface area contributed by atoms with Crippen LogP contribution in [0.25, 0.3) is 0 Å². The minimum atomic E-state index is -0.0182. The zero-order valence-corrected chi connectivity index (χ0v) is 11.7. The van der Waals surface area contributed by atoms with Crippen LogP contribution >= 0.6 is 23.2 Å². The molecule has 0 spiro atoms. The molecule has 1 amide bonds. The average Bonchev–Trinajstić information content (AvgIpc) is 2.28. The highest BCUT2D eigenvalue weighted by atomic mass is 35.5. The number of hydrogen-bond acceptors (Lipinski definition) is 1. The summed E-state index contributed by atoms with van der Waals surface area (Å²) in [7, 11) is 0. The molecule has 0 saturated heterocycles. The highest BCUT2D eigenvalue weighted by molar-refractivity contribution is 6.36. The highest BCUT2D eigenvalue weighted by Crippen LogP contribution is 2.22. The molecule has 4 heteroatoms. The van der Waals surface area contributed by atoms with E-state index in [2.05, 4.69) is 13.8 Å². The van der Waals surface area contributed by atoms with E-state index in [0.29, 0.717) is 15.6 Å². The number of amides is 1. The monoisotopic (exact) mass is 273 g/mol. The first-order valence-corrected chi connectivity index (χ1v) is 6.60. The van der Waals surface area contributed by atoms with Crippen LogP contribution in [0.3, 0.4) is 0 Å². The van der Waals surface area contributed by atoms with E-state index in [9.17, 15) is 4.79 Å². The molecule has 0 aliphatic heterocycles. The Morgan fingerprint density at radius 2 is 1.76 bits per heavy atom. The molecule has 0 aromatic heterocycles. The van der Waals surface area contributed by atoms with Crippen molar-refractivity contribution in [2.24, 2.45) is 0 Å². The van der Waals surface area contributed by atoms with E-state index >= 15 is 0 Å². The van der Waals surface area contributed by atoms with E-state index in [0.717, 1.165) is 25.9 Å². The average molecular weight is 274 g/mol. The Kier molecular flexibility index (Phi) is 5.79. The van der Waals surface area contributed by atoms with Gasteiger partial charge in [-0.05, 0) is 31.0 Å². The second-order valence-electron chi connectivity index (χ2n) is 3.92. The largest absolute Gasteiger partial charge is 0.339 e. The van der Waals surface area contributed by atoms with Crippen LogP contribution in [0, 0.1) is 0 Å². The Balaban J connectivity index is 2.92. The maximum Gasteiger partial charge on any atom is 0.255 e. The minimum absolute atomic E-state index is 0.0182. The van der Waals surface area contributed by atoms with Crippen LogP contribution in [0.1, 0.15) is 37.0 Å². The molecule has 1 aromatic rings. The van der Waals surface area contributed by atoms with Gasteiger partial charge in [-0.3, -0.25) is 4.79 Å². The third-order valence-corrected chi connectivity index (χ3v) is 2.98. The molecule has 0 aliphatic rings. The number of carbonyl (C=O) groups excluding carboxylic acids is 1. The predicted molar refractivity (Wildman–Crippen MR) is 72.9 cm³/mol. The zero-order chi connectivity index (χ0) is 12.8. The van der Waals surface area contributed by atoms with Crippen molar-refractivity contribution in [3.63, 3.8) is 0 Å². The summed E-state index contributed by atoms with van der Waals surface area (Å²) in [5.74, 6) is -0.0182. The quantitative estimate of drug-likeness (QED) is 0.785. The molecular formula is C13H17Cl2NO. The van der Waals surface area contributed by atoms with Gasteiger partial charge in [0.1, 0.15) is 0 Å². The first kappa shape index (κ1) is 14.3. The number of rotatable bonds is 5. The smallest absolute Gasteiger partial charge is 0.255 e. The van der Waals surface area contributed by atoms with Crippen molar-refractivity contribution in [3.8, 4) is 0 Å². The van der Waals surface area contributed by atoms with E-state index in [4.69, 9.17) is 23.2 Å². The number of hydrogen-bond donors (Lipinski definition) is 0. The van der Waals surface area contributed by atoms with E-state index < -0.39 is 0 Å². The molecule has 0 atom stereocenters. The van der Waals surface area contributed by atoms with Gasteiger partial charge < -0.3 is 4.90 Å². The summed E-state index contributed by atoms with van der Waals surface area (Å²) in [5.41, 5.74) is 0.526. The summed E-state index contributed by atoms with van der Waals surface area (Å²) in [6.45, 7) is 5.62. The summed E-state index contributed by atoms with van der Waals surface area (Å²) in [6.07, 6.45) is 1.88. The molecule has 94 valence electrons. The molecule has 0 bridgehead atoms. The lowest BCUT2D eigenvalue weighted by Crippen LogP contribution is -2.32. The lowest BCUT2D eigenvalue weighted by molar-refractivity contribution is 0.0756. The summed E-state index contributed by atoms with van der Waals surface area (Å²) >= 11 is 11.9. The lowest BCUT2D eigenvalue weighted by Gasteiger charge is -2.22. The normalized spacial score (nSPS) is 10.4. The Labute approximate surface area is 113 Å². The fraction of sp³-hybridized carbons (Fsp3) is 0.462. The maximum absolute atomic E-state index is 12.3. The fourth-order valence-corrected chi connectivity index (χ4v) is 2.18. The Morgan fingerprint density at radius 1 is 1.18 bits per heavy atom. The molecular weight excluding hydrogens is 257 g/mol. The Morgan fingerprint density at radius 3 is 2.24 bits per heavy atom. The highest BCUT2D eigenvalue weighted by Gasteiger charge is 2.17. The van der Waals surface area contributed by atoms with Crippen LogP contribution in [-0.2, 0) is 0 Å². The molecule has 0 heterocycles. The maximum atomic E-state index is 12.3. The topological polar surface area (TPSA) is 20.3 Å². The molecule has 0 aliphatic carbocycles. The van der Waals surface area contributed by atoms with Crippen molar-refractivity contribution in [2.45, 2.75) is 26.7 Å². The van der Waals surface area contributed by atoms with E-state index in [1.807, 2.05) is 4.90 Å². The van der Waals surface area contributed by atoms with Crippen LogP contribution < -0.4 is 0 Å². The number of halogens is 2. The summed E-state index contributed by atoms with van der Waals surface area (Å²) < 4.78 is 0. The van der Waals surface area contributed by atoms with Gasteiger partial charge in [0.2, 0.25) is 0 Å². The van der Waals surface area contributed by atoms with Gasteiger partial charge in [-0.25, -0.2) is 0 Å². The van der Waals surface area contributed by atoms with Crippen molar-refractivity contribution < 1.29 is 4.79 Å². The molecule has 1 rings (SSSR count). The molecule has 0 radical (unpaired) electrons. The fourth-order valence-electron chi connectivity index (χ4n) is 1.69. The molecule has 1 aromatic carbocycles. The van der Waals surface area contributed by atoms with Gasteiger partial charge >= 0.3 is 0 Å². The lowest BCUT2D eigenvalue weighted by atomic mass is 10.2. The summed E-state index contributed by atoms with van der Waals surface area (Å²) in [5, 5.41) is 0.962. The Bertz CT molecular complexity index is 387. The van der Waals surface area contributed by atoms with Gasteiger partial charge in [-0.2, -0.15) is 0 Å². The van der Waals surface area contributed by atoms with Crippen LogP contribution in [0.15, 0.2) is 18.2 Å². The van der Waals surface area contributed by atoms with Crippen molar-refractivity contribution in [2.75, 3.05) is 13.1 Å². The van der Waals surface area contributed by atoms with E-state index in [-0.39, 0.29) is 5.91 Å². The molecule has 0 unspecified atom stereocenters. The number of benzene rings is 1. The third kappa shape index (κ3) is 3.90. The predicted octanol–water partition coefficient (Wildman–Crippen LogP) is 4.26.